The number of carbonyl (C=O) groups excluding carboxylic acids is 1. The first-order chi connectivity index (χ1) is 9.08. The van der Waals surface area contributed by atoms with E-state index >= 15 is 0 Å². The third kappa shape index (κ3) is 2.67. The molecule has 0 saturated heterocycles. The van der Waals surface area contributed by atoms with Gasteiger partial charge in [-0.25, -0.2) is 0 Å². The molecule has 1 aromatic carbocycles. The second-order valence-electron chi connectivity index (χ2n) is 6.09. The predicted molar refractivity (Wildman–Crippen MR) is 72.1 cm³/mol. The molecule has 0 heterocycles. The Balaban J connectivity index is 2.31. The maximum Gasteiger partial charge on any atom is 0.404 e. The number of rotatable bonds is 4. The summed E-state index contributed by atoms with van der Waals surface area (Å²) in [6, 6.07) is 7.63. The van der Waals surface area contributed by atoms with Gasteiger partial charge in [-0.2, -0.15) is 13.2 Å². The van der Waals surface area contributed by atoms with Gasteiger partial charge in [0.1, 0.15) is 0 Å². The topological polar surface area (TPSA) is 26.3 Å². The van der Waals surface area contributed by atoms with Crippen LogP contribution in [-0.4, -0.2) is 26.4 Å². The maximum atomic E-state index is 13.4. The first-order valence-electron chi connectivity index (χ1n) is 6.42. The van der Waals surface area contributed by atoms with Gasteiger partial charge in [-0.3, -0.25) is 4.79 Å². The van der Waals surface area contributed by atoms with Gasteiger partial charge in [0.05, 0.1) is 6.10 Å². The van der Waals surface area contributed by atoms with Crippen molar-refractivity contribution < 1.29 is 22.4 Å². The smallest absolute Gasteiger partial charge is 0.404 e. The molecule has 1 fully saturated rings. The van der Waals surface area contributed by atoms with Crippen molar-refractivity contribution in [3.63, 3.8) is 0 Å². The Bertz CT molecular complexity index is 507. The van der Waals surface area contributed by atoms with Crippen LogP contribution in [-0.2, 0) is 4.43 Å². The molecule has 6 heteroatoms. The van der Waals surface area contributed by atoms with Crippen LogP contribution in [0.2, 0.25) is 19.6 Å². The number of halogens is 3. The van der Waals surface area contributed by atoms with E-state index in [0.29, 0.717) is 0 Å². The fourth-order valence-electron chi connectivity index (χ4n) is 2.32. The second-order valence-corrected chi connectivity index (χ2v) is 10.5. The quantitative estimate of drug-likeness (QED) is 0.620. The lowest BCUT2D eigenvalue weighted by Crippen LogP contribution is -2.39. The molecule has 2 rings (SSSR count). The SMILES string of the molecule is C[Si](C)(C)OC1CC1(C(=O)c1ccccc1)C(F)(F)F. The zero-order valence-corrected chi connectivity index (χ0v) is 12.6. The molecule has 0 N–H and O–H groups in total. The summed E-state index contributed by atoms with van der Waals surface area (Å²) < 4.78 is 45.6. The summed E-state index contributed by atoms with van der Waals surface area (Å²) in [4.78, 5) is 12.3. The van der Waals surface area contributed by atoms with Crippen molar-refractivity contribution in [3.05, 3.63) is 35.9 Å². The Labute approximate surface area is 117 Å². The highest BCUT2D eigenvalue weighted by molar-refractivity contribution is 6.69. The average Bonchev–Trinajstić information content (AvgIpc) is 3.01. The molecule has 1 aliphatic rings. The van der Waals surface area contributed by atoms with Gasteiger partial charge in [-0.15, -0.1) is 0 Å². The number of hydrogen-bond donors (Lipinski definition) is 0. The number of Topliss-reactive ketones (excluding diaryl/α,β-unsaturated/α-hetero) is 1. The molecule has 110 valence electrons. The van der Waals surface area contributed by atoms with Crippen molar-refractivity contribution in [2.45, 2.75) is 38.3 Å². The molecule has 2 atom stereocenters. The summed E-state index contributed by atoms with van der Waals surface area (Å²) in [7, 11) is -2.12. The van der Waals surface area contributed by atoms with Crippen molar-refractivity contribution in [1.29, 1.82) is 0 Å². The first kappa shape index (κ1) is 15.2. The molecule has 0 aliphatic heterocycles. The van der Waals surface area contributed by atoms with Crippen LogP contribution < -0.4 is 0 Å². The maximum absolute atomic E-state index is 13.4. The highest BCUT2D eigenvalue weighted by atomic mass is 28.4. The van der Waals surface area contributed by atoms with Crippen LogP contribution >= 0.6 is 0 Å². The van der Waals surface area contributed by atoms with Crippen LogP contribution in [0, 0.1) is 5.41 Å². The monoisotopic (exact) mass is 302 g/mol. The third-order valence-electron chi connectivity index (χ3n) is 3.34. The fourth-order valence-corrected chi connectivity index (χ4v) is 3.45. The lowest BCUT2D eigenvalue weighted by Gasteiger charge is -2.23. The van der Waals surface area contributed by atoms with Gasteiger partial charge in [-0.1, -0.05) is 30.3 Å². The summed E-state index contributed by atoms with van der Waals surface area (Å²) in [5, 5.41) is 0. The Morgan fingerprint density at radius 3 is 2.25 bits per heavy atom. The van der Waals surface area contributed by atoms with E-state index in [0.717, 1.165) is 0 Å². The van der Waals surface area contributed by atoms with Gasteiger partial charge in [0.25, 0.3) is 0 Å². The largest absolute Gasteiger partial charge is 0.413 e. The van der Waals surface area contributed by atoms with Crippen molar-refractivity contribution in [3.8, 4) is 0 Å². The Morgan fingerprint density at radius 1 is 1.25 bits per heavy atom. The number of ketones is 1. The molecule has 2 unspecified atom stereocenters. The van der Waals surface area contributed by atoms with Crippen molar-refractivity contribution in [2.24, 2.45) is 5.41 Å². The second kappa shape index (κ2) is 4.70. The molecule has 0 amide bonds. The highest BCUT2D eigenvalue weighted by Gasteiger charge is 2.76. The van der Waals surface area contributed by atoms with E-state index in [2.05, 4.69) is 0 Å². The summed E-state index contributed by atoms with van der Waals surface area (Å²) >= 11 is 0. The molecular weight excluding hydrogens is 285 g/mol. The van der Waals surface area contributed by atoms with Crippen LogP contribution in [0.1, 0.15) is 16.8 Å². The fraction of sp³-hybridized carbons (Fsp3) is 0.500. The van der Waals surface area contributed by atoms with Crippen LogP contribution in [0.5, 0.6) is 0 Å². The molecule has 0 radical (unpaired) electrons. The minimum atomic E-state index is -4.58. The van der Waals surface area contributed by atoms with Gasteiger partial charge in [0, 0.05) is 5.56 Å². The van der Waals surface area contributed by atoms with Crippen molar-refractivity contribution in [1.82, 2.24) is 0 Å². The zero-order chi connectivity index (χ0) is 15.2. The molecule has 1 saturated carbocycles. The normalized spacial score (nSPS) is 26.4. The lowest BCUT2D eigenvalue weighted by atomic mass is 9.93. The molecule has 1 aliphatic carbocycles. The summed E-state index contributed by atoms with van der Waals surface area (Å²) in [6.45, 7) is 5.46. The number of hydrogen-bond acceptors (Lipinski definition) is 2. The van der Waals surface area contributed by atoms with E-state index in [4.69, 9.17) is 4.43 Å². The molecule has 0 spiro atoms. The Kier molecular flexibility index (Phi) is 3.58. The average molecular weight is 302 g/mol. The third-order valence-corrected chi connectivity index (χ3v) is 4.33. The van der Waals surface area contributed by atoms with E-state index in [1.807, 2.05) is 19.6 Å². The van der Waals surface area contributed by atoms with Crippen LogP contribution in [0.4, 0.5) is 13.2 Å². The molecule has 0 aromatic heterocycles. The van der Waals surface area contributed by atoms with Gasteiger partial charge in [0.15, 0.2) is 19.5 Å². The van der Waals surface area contributed by atoms with Gasteiger partial charge in [-0.05, 0) is 26.1 Å². The van der Waals surface area contributed by atoms with Crippen molar-refractivity contribution in [2.75, 3.05) is 0 Å². The molecule has 1 aromatic rings. The summed E-state index contributed by atoms with van der Waals surface area (Å²) in [6.07, 6.45) is -5.89. The summed E-state index contributed by atoms with van der Waals surface area (Å²) in [5.74, 6) is -0.881. The van der Waals surface area contributed by atoms with Gasteiger partial charge in [0.2, 0.25) is 0 Å². The van der Waals surface area contributed by atoms with Crippen molar-refractivity contribution >= 4 is 14.1 Å². The zero-order valence-electron chi connectivity index (χ0n) is 11.6. The van der Waals surface area contributed by atoms with Crippen LogP contribution in [0.25, 0.3) is 0 Å². The predicted octanol–water partition coefficient (Wildman–Crippen LogP) is 4.04. The standard InChI is InChI=1S/C14H17F3O2Si/c1-20(2,3)19-11-9-13(11,14(15,16)17)12(18)10-7-5-4-6-8-10/h4-8,11H,9H2,1-3H3. The first-order valence-corrected chi connectivity index (χ1v) is 9.83. The lowest BCUT2D eigenvalue weighted by molar-refractivity contribution is -0.178. The molecule has 20 heavy (non-hydrogen) atoms. The van der Waals surface area contributed by atoms with Crippen LogP contribution in [0.3, 0.4) is 0 Å². The van der Waals surface area contributed by atoms with Gasteiger partial charge >= 0.3 is 6.18 Å². The van der Waals surface area contributed by atoms with Gasteiger partial charge < -0.3 is 4.43 Å². The summed E-state index contributed by atoms with van der Waals surface area (Å²) in [5.41, 5.74) is -2.26. The number of alkyl halides is 3. The van der Waals surface area contributed by atoms with E-state index in [1.165, 1.54) is 12.1 Å². The number of carbonyl (C=O) groups is 1. The minimum absolute atomic E-state index is 0.0894. The van der Waals surface area contributed by atoms with E-state index in [-0.39, 0.29) is 12.0 Å². The molecule has 2 nitrogen and oxygen atoms in total. The van der Waals surface area contributed by atoms with E-state index in [9.17, 15) is 18.0 Å². The number of benzene rings is 1. The highest BCUT2D eigenvalue weighted by Crippen LogP contribution is 2.61. The minimum Gasteiger partial charge on any atom is -0.413 e. The van der Waals surface area contributed by atoms with E-state index in [1.54, 1.807) is 18.2 Å². The Hall–Kier alpha value is -1.14. The molecule has 0 bridgehead atoms. The molecular formula is C14H17F3O2Si. The van der Waals surface area contributed by atoms with E-state index < -0.39 is 31.8 Å². The Morgan fingerprint density at radius 2 is 1.80 bits per heavy atom. The van der Waals surface area contributed by atoms with Crippen LogP contribution in [0.15, 0.2) is 30.3 Å².